The molecular weight excluding hydrogens is 467 g/mol. The van der Waals surface area contributed by atoms with Gasteiger partial charge in [-0.15, -0.1) is 0 Å². The maximum atomic E-state index is 14.4. The highest BCUT2D eigenvalue weighted by atomic mass is 19.4. The van der Waals surface area contributed by atoms with Crippen LogP contribution in [0.25, 0.3) is 10.9 Å². The fourth-order valence-corrected chi connectivity index (χ4v) is 4.16. The first kappa shape index (κ1) is 23.5. The van der Waals surface area contributed by atoms with E-state index < -0.39 is 59.6 Å². The number of benzene rings is 1. The van der Waals surface area contributed by atoms with E-state index in [2.05, 4.69) is 15.3 Å². The Morgan fingerprint density at radius 3 is 2.59 bits per heavy atom. The number of aromatic amines is 2. The van der Waals surface area contributed by atoms with Crippen LogP contribution in [-0.2, 0) is 9.53 Å². The molecular formula is C21H19F5N4O4. The number of rotatable bonds is 5. The SMILES string of the molecule is COc1c(N2CC(OC)(C(F)(F)F)CC2C(=O)Nc2c[nH]c3c(=O)[nH]ccc23)ccc(F)c1F. The minimum atomic E-state index is -4.88. The molecule has 3 aromatic rings. The Morgan fingerprint density at radius 1 is 1.21 bits per heavy atom. The molecule has 1 saturated heterocycles. The smallest absolute Gasteiger partial charge is 0.419 e. The van der Waals surface area contributed by atoms with Gasteiger partial charge in [0.25, 0.3) is 5.56 Å². The van der Waals surface area contributed by atoms with Crippen molar-refractivity contribution in [2.24, 2.45) is 0 Å². The molecule has 3 heterocycles. The summed E-state index contributed by atoms with van der Waals surface area (Å²) in [5.41, 5.74) is -3.15. The van der Waals surface area contributed by atoms with Gasteiger partial charge in [-0.25, -0.2) is 4.39 Å². The summed E-state index contributed by atoms with van der Waals surface area (Å²) in [6.45, 7) is -0.875. The van der Waals surface area contributed by atoms with E-state index in [0.717, 1.165) is 31.3 Å². The number of carbonyl (C=O) groups excluding carboxylic acids is 1. The predicted octanol–water partition coefficient (Wildman–Crippen LogP) is 3.31. The molecule has 3 N–H and O–H groups in total. The third kappa shape index (κ3) is 3.65. The second-order valence-corrected chi connectivity index (χ2v) is 7.74. The van der Waals surface area contributed by atoms with Crippen molar-refractivity contribution in [1.29, 1.82) is 0 Å². The zero-order valence-electron chi connectivity index (χ0n) is 17.8. The van der Waals surface area contributed by atoms with Crippen LogP contribution in [0.4, 0.5) is 33.3 Å². The number of nitrogens with zero attached hydrogens (tertiary/aromatic N) is 1. The van der Waals surface area contributed by atoms with E-state index >= 15 is 0 Å². The quantitative estimate of drug-likeness (QED) is 0.481. The number of H-pyrrole nitrogens is 2. The summed E-state index contributed by atoms with van der Waals surface area (Å²) >= 11 is 0. The van der Waals surface area contributed by atoms with Crippen LogP contribution in [0.1, 0.15) is 6.42 Å². The summed E-state index contributed by atoms with van der Waals surface area (Å²) in [4.78, 5) is 31.2. The molecule has 2 atom stereocenters. The Kier molecular flexibility index (Phi) is 5.75. The van der Waals surface area contributed by atoms with Crippen LogP contribution in [0.15, 0.2) is 35.4 Å². The molecule has 0 radical (unpaired) electrons. The standard InChI is InChI=1S/C21H19F5N4O4/c1-33-17-13(4-3-11(22)15(17)23)30-9-20(34-2,21(24,25)26)7-14(30)18(31)29-12-8-28-16-10(12)5-6-27-19(16)32/h3-6,8,14,28H,7,9H2,1-2H3,(H,27,32)(H,29,31). The number of aromatic nitrogens is 2. The molecule has 0 saturated carbocycles. The van der Waals surface area contributed by atoms with E-state index in [1.807, 2.05) is 0 Å². The first-order valence-corrected chi connectivity index (χ1v) is 9.93. The highest BCUT2D eigenvalue weighted by molar-refractivity contribution is 6.04. The average molecular weight is 486 g/mol. The molecule has 182 valence electrons. The van der Waals surface area contributed by atoms with E-state index in [4.69, 9.17) is 9.47 Å². The second kappa shape index (κ2) is 8.31. The zero-order chi connectivity index (χ0) is 24.8. The van der Waals surface area contributed by atoms with Gasteiger partial charge in [-0.3, -0.25) is 9.59 Å². The van der Waals surface area contributed by atoms with Crippen LogP contribution in [0.2, 0.25) is 0 Å². The molecule has 8 nitrogen and oxygen atoms in total. The summed E-state index contributed by atoms with van der Waals surface area (Å²) in [5.74, 6) is -4.20. The highest BCUT2D eigenvalue weighted by Gasteiger charge is 2.63. The molecule has 0 spiro atoms. The van der Waals surface area contributed by atoms with Crippen molar-refractivity contribution in [2.45, 2.75) is 24.2 Å². The van der Waals surface area contributed by atoms with Gasteiger partial charge in [0.2, 0.25) is 11.7 Å². The van der Waals surface area contributed by atoms with Crippen LogP contribution in [0.5, 0.6) is 5.75 Å². The fourth-order valence-electron chi connectivity index (χ4n) is 4.16. The second-order valence-electron chi connectivity index (χ2n) is 7.74. The number of pyridine rings is 1. The predicted molar refractivity (Wildman–Crippen MR) is 112 cm³/mol. The van der Waals surface area contributed by atoms with Gasteiger partial charge in [-0.1, -0.05) is 0 Å². The summed E-state index contributed by atoms with van der Waals surface area (Å²) in [6.07, 6.45) is -3.04. The molecule has 2 unspecified atom stereocenters. The third-order valence-corrected chi connectivity index (χ3v) is 5.95. The van der Waals surface area contributed by atoms with Crippen LogP contribution in [0.3, 0.4) is 0 Å². The van der Waals surface area contributed by atoms with Gasteiger partial charge in [-0.05, 0) is 18.2 Å². The number of halogens is 5. The van der Waals surface area contributed by atoms with Gasteiger partial charge >= 0.3 is 6.18 Å². The van der Waals surface area contributed by atoms with E-state index in [0.29, 0.717) is 5.39 Å². The number of anilines is 2. The van der Waals surface area contributed by atoms with Gasteiger partial charge in [0.15, 0.2) is 17.2 Å². The fraction of sp³-hybridized carbons (Fsp3) is 0.333. The summed E-state index contributed by atoms with van der Waals surface area (Å²) in [7, 11) is 1.89. The number of hydrogen-bond donors (Lipinski definition) is 3. The molecule has 1 aromatic carbocycles. The minimum absolute atomic E-state index is 0.157. The van der Waals surface area contributed by atoms with Crippen molar-refractivity contribution in [2.75, 3.05) is 31.0 Å². The van der Waals surface area contributed by atoms with Crippen LogP contribution in [0, 0.1) is 11.6 Å². The monoisotopic (exact) mass is 486 g/mol. The topological polar surface area (TPSA) is 99.4 Å². The number of carbonyl (C=O) groups is 1. The van der Waals surface area contributed by atoms with Crippen LogP contribution >= 0.6 is 0 Å². The van der Waals surface area contributed by atoms with Crippen LogP contribution in [-0.4, -0.2) is 54.5 Å². The first-order chi connectivity index (χ1) is 16.0. The number of amides is 1. The van der Waals surface area contributed by atoms with E-state index in [1.165, 1.54) is 18.5 Å². The highest BCUT2D eigenvalue weighted by Crippen LogP contribution is 2.47. The molecule has 34 heavy (non-hydrogen) atoms. The molecule has 0 aliphatic carbocycles. The molecule has 1 aliphatic heterocycles. The van der Waals surface area contributed by atoms with Crippen molar-refractivity contribution in [1.82, 2.24) is 9.97 Å². The molecule has 1 amide bonds. The van der Waals surface area contributed by atoms with E-state index in [-0.39, 0.29) is 16.9 Å². The number of alkyl halides is 3. The molecule has 4 rings (SSSR count). The van der Waals surface area contributed by atoms with E-state index in [9.17, 15) is 31.5 Å². The summed E-state index contributed by atoms with van der Waals surface area (Å²) < 4.78 is 79.9. The van der Waals surface area contributed by atoms with Crippen molar-refractivity contribution in [3.63, 3.8) is 0 Å². The van der Waals surface area contributed by atoms with Crippen molar-refractivity contribution < 1.29 is 36.2 Å². The Bertz CT molecular complexity index is 1300. The largest absolute Gasteiger partial charge is 0.491 e. The number of ether oxygens (including phenoxy) is 2. The third-order valence-electron chi connectivity index (χ3n) is 5.95. The summed E-state index contributed by atoms with van der Waals surface area (Å²) in [6, 6.07) is 1.76. The first-order valence-electron chi connectivity index (χ1n) is 9.93. The summed E-state index contributed by atoms with van der Waals surface area (Å²) in [5, 5.41) is 2.85. The van der Waals surface area contributed by atoms with Gasteiger partial charge in [0, 0.05) is 31.3 Å². The molecule has 13 heteroatoms. The maximum absolute atomic E-state index is 14.4. The Balaban J connectivity index is 1.77. The Hall–Kier alpha value is -3.61. The van der Waals surface area contributed by atoms with Crippen LogP contribution < -0.4 is 20.5 Å². The number of hydrogen-bond acceptors (Lipinski definition) is 5. The molecule has 1 fully saturated rings. The normalized spacial score (nSPS) is 20.7. The number of fused-ring (bicyclic) bond motifs is 1. The van der Waals surface area contributed by atoms with E-state index in [1.54, 1.807) is 0 Å². The molecule has 2 aromatic heterocycles. The molecule has 0 bridgehead atoms. The van der Waals surface area contributed by atoms with Crippen molar-refractivity contribution in [3.8, 4) is 5.75 Å². The lowest BCUT2D eigenvalue weighted by Crippen LogP contribution is -2.49. The number of nitrogens with one attached hydrogen (secondary N) is 3. The lowest BCUT2D eigenvalue weighted by molar-refractivity contribution is -0.261. The van der Waals surface area contributed by atoms with Gasteiger partial charge in [0.05, 0.1) is 25.0 Å². The van der Waals surface area contributed by atoms with Crippen molar-refractivity contribution in [3.05, 3.63) is 52.6 Å². The minimum Gasteiger partial charge on any atom is -0.491 e. The lowest BCUT2D eigenvalue weighted by atomic mass is 9.99. The lowest BCUT2D eigenvalue weighted by Gasteiger charge is -2.31. The van der Waals surface area contributed by atoms with Crippen molar-refractivity contribution >= 4 is 28.2 Å². The zero-order valence-corrected chi connectivity index (χ0v) is 17.8. The Labute approximate surface area is 188 Å². The Morgan fingerprint density at radius 2 is 1.94 bits per heavy atom. The molecule has 1 aliphatic rings. The number of methoxy groups -OCH3 is 2. The van der Waals surface area contributed by atoms with Gasteiger partial charge in [0.1, 0.15) is 11.6 Å². The van der Waals surface area contributed by atoms with Gasteiger partial charge < -0.3 is 29.7 Å². The van der Waals surface area contributed by atoms with Gasteiger partial charge in [-0.2, -0.15) is 17.6 Å². The average Bonchev–Trinajstić information content (AvgIpc) is 3.39. The maximum Gasteiger partial charge on any atom is 0.419 e.